The molecule has 6 heteroatoms. The summed E-state index contributed by atoms with van der Waals surface area (Å²) in [5.41, 5.74) is 6.51. The Bertz CT molecular complexity index is 332. The van der Waals surface area contributed by atoms with E-state index in [9.17, 15) is 4.79 Å². The lowest BCUT2D eigenvalue weighted by Gasteiger charge is -1.98. The van der Waals surface area contributed by atoms with E-state index in [1.807, 2.05) is 0 Å². The van der Waals surface area contributed by atoms with Gasteiger partial charge in [-0.1, -0.05) is 0 Å². The summed E-state index contributed by atoms with van der Waals surface area (Å²) in [5, 5.41) is 8.41. The van der Waals surface area contributed by atoms with E-state index < -0.39 is 5.97 Å². The molecule has 0 fully saturated rings. The van der Waals surface area contributed by atoms with Gasteiger partial charge in [0, 0.05) is 31.3 Å². The monoisotopic (exact) mass is 210 g/mol. The molecular weight excluding hydrogens is 196 g/mol. The number of aliphatic carboxylic acids is 1. The van der Waals surface area contributed by atoms with E-state index in [1.54, 1.807) is 12.5 Å². The van der Waals surface area contributed by atoms with Crippen LogP contribution in [0, 0.1) is 0 Å². The molecule has 82 valence electrons. The predicted octanol–water partition coefficient (Wildman–Crippen LogP) is 0.174. The van der Waals surface area contributed by atoms with Gasteiger partial charge in [0.2, 0.25) is 0 Å². The average molecular weight is 210 g/mol. The van der Waals surface area contributed by atoms with Crippen molar-refractivity contribution in [2.45, 2.75) is 19.3 Å². The van der Waals surface area contributed by atoms with Crippen molar-refractivity contribution < 1.29 is 9.90 Å². The summed E-state index contributed by atoms with van der Waals surface area (Å²) >= 11 is 0. The molecule has 1 aromatic rings. The highest BCUT2D eigenvalue weighted by atomic mass is 16.4. The van der Waals surface area contributed by atoms with Gasteiger partial charge in [0.1, 0.15) is 0 Å². The van der Waals surface area contributed by atoms with Crippen molar-refractivity contribution in [1.82, 2.24) is 9.97 Å². The molecule has 0 unspecified atom stereocenters. The lowest BCUT2D eigenvalue weighted by molar-refractivity contribution is -0.136. The molecule has 0 aliphatic rings. The second-order valence-electron chi connectivity index (χ2n) is 3.09. The van der Waals surface area contributed by atoms with Crippen LogP contribution in [0.25, 0.3) is 0 Å². The number of carboxylic acids is 1. The van der Waals surface area contributed by atoms with Gasteiger partial charge in [0.25, 0.3) is 0 Å². The first-order valence-corrected chi connectivity index (χ1v) is 4.66. The maximum Gasteiger partial charge on any atom is 0.303 e. The van der Waals surface area contributed by atoms with Gasteiger partial charge in [0.15, 0.2) is 0 Å². The molecule has 0 amide bonds. The van der Waals surface area contributed by atoms with Crippen LogP contribution in [0.15, 0.2) is 17.5 Å². The van der Waals surface area contributed by atoms with Crippen molar-refractivity contribution in [2.24, 2.45) is 10.7 Å². The van der Waals surface area contributed by atoms with Crippen LogP contribution in [0.3, 0.4) is 0 Å². The van der Waals surface area contributed by atoms with Crippen molar-refractivity contribution in [3.8, 4) is 0 Å². The van der Waals surface area contributed by atoms with E-state index >= 15 is 0 Å². The first-order valence-electron chi connectivity index (χ1n) is 4.66. The maximum atomic E-state index is 10.2. The van der Waals surface area contributed by atoms with Gasteiger partial charge < -0.3 is 15.8 Å². The smallest absolute Gasteiger partial charge is 0.303 e. The summed E-state index contributed by atoms with van der Waals surface area (Å²) in [7, 11) is 0. The third-order valence-corrected chi connectivity index (χ3v) is 1.85. The third kappa shape index (κ3) is 4.80. The summed E-state index contributed by atoms with van der Waals surface area (Å²) in [6, 6.07) is 0. The highest BCUT2D eigenvalue weighted by Crippen LogP contribution is 1.94. The van der Waals surface area contributed by atoms with Gasteiger partial charge >= 0.3 is 5.97 Å². The number of carboxylic acid groups (broad SMARTS) is 1. The van der Waals surface area contributed by atoms with Gasteiger partial charge in [-0.3, -0.25) is 9.79 Å². The van der Waals surface area contributed by atoms with Crippen LogP contribution in [0.4, 0.5) is 0 Å². The SMILES string of the molecule is NC(CCC(=O)O)=NCCc1cnc[nH]1. The number of aromatic nitrogens is 2. The summed E-state index contributed by atoms with van der Waals surface area (Å²) < 4.78 is 0. The number of H-pyrrole nitrogens is 1. The van der Waals surface area contributed by atoms with Crippen LogP contribution in [-0.4, -0.2) is 33.4 Å². The lowest BCUT2D eigenvalue weighted by atomic mass is 10.3. The number of amidine groups is 1. The number of nitrogens with one attached hydrogen (secondary N) is 1. The fraction of sp³-hybridized carbons (Fsp3) is 0.444. The first-order chi connectivity index (χ1) is 7.18. The number of hydrogen-bond donors (Lipinski definition) is 3. The quantitative estimate of drug-likeness (QED) is 0.460. The van der Waals surface area contributed by atoms with Gasteiger partial charge in [-0.25, -0.2) is 4.98 Å². The average Bonchev–Trinajstić information content (AvgIpc) is 2.67. The molecule has 4 N–H and O–H groups in total. The first kappa shape index (κ1) is 11.2. The fourth-order valence-electron chi connectivity index (χ4n) is 1.06. The van der Waals surface area contributed by atoms with Crippen LogP contribution in [-0.2, 0) is 11.2 Å². The highest BCUT2D eigenvalue weighted by molar-refractivity contribution is 5.83. The lowest BCUT2D eigenvalue weighted by Crippen LogP contribution is -2.14. The van der Waals surface area contributed by atoms with Crippen molar-refractivity contribution >= 4 is 11.8 Å². The number of aromatic amines is 1. The van der Waals surface area contributed by atoms with Crippen LogP contribution in [0.1, 0.15) is 18.5 Å². The minimum atomic E-state index is -0.860. The summed E-state index contributed by atoms with van der Waals surface area (Å²) in [6.45, 7) is 0.549. The van der Waals surface area contributed by atoms with Crippen molar-refractivity contribution in [3.63, 3.8) is 0 Å². The molecule has 1 rings (SSSR count). The Morgan fingerprint density at radius 3 is 3.00 bits per heavy atom. The molecule has 0 aliphatic heterocycles. The molecule has 0 atom stereocenters. The maximum absolute atomic E-state index is 10.2. The minimum absolute atomic E-state index is 0.0272. The zero-order valence-corrected chi connectivity index (χ0v) is 8.31. The van der Waals surface area contributed by atoms with E-state index in [-0.39, 0.29) is 6.42 Å². The zero-order valence-electron chi connectivity index (χ0n) is 8.31. The number of hydrogen-bond acceptors (Lipinski definition) is 3. The van der Waals surface area contributed by atoms with Crippen molar-refractivity contribution in [1.29, 1.82) is 0 Å². The molecule has 6 nitrogen and oxygen atoms in total. The Morgan fingerprint density at radius 1 is 1.60 bits per heavy atom. The Labute approximate surface area is 87.2 Å². The number of carbonyl (C=O) groups is 1. The number of nitrogens with two attached hydrogens (primary N) is 1. The molecule has 15 heavy (non-hydrogen) atoms. The Balaban J connectivity index is 2.22. The molecule has 0 aromatic carbocycles. The van der Waals surface area contributed by atoms with Crippen LogP contribution < -0.4 is 5.73 Å². The van der Waals surface area contributed by atoms with Crippen LogP contribution in [0.5, 0.6) is 0 Å². The Hall–Kier alpha value is -1.85. The van der Waals surface area contributed by atoms with E-state index in [0.717, 1.165) is 12.1 Å². The fourth-order valence-corrected chi connectivity index (χ4v) is 1.06. The van der Waals surface area contributed by atoms with E-state index in [1.165, 1.54) is 0 Å². The predicted molar refractivity (Wildman–Crippen MR) is 55.7 cm³/mol. The normalized spacial score (nSPS) is 11.6. The van der Waals surface area contributed by atoms with Gasteiger partial charge in [-0.05, 0) is 0 Å². The highest BCUT2D eigenvalue weighted by Gasteiger charge is 1.99. The van der Waals surface area contributed by atoms with Crippen LogP contribution >= 0.6 is 0 Å². The summed E-state index contributed by atoms with van der Waals surface area (Å²) in [4.78, 5) is 21.1. The second-order valence-corrected chi connectivity index (χ2v) is 3.09. The van der Waals surface area contributed by atoms with Crippen molar-refractivity contribution in [3.05, 3.63) is 18.2 Å². The topological polar surface area (TPSA) is 104 Å². The van der Waals surface area contributed by atoms with Gasteiger partial charge in [-0.15, -0.1) is 0 Å². The molecule has 1 aromatic heterocycles. The minimum Gasteiger partial charge on any atom is -0.481 e. The molecule has 0 saturated heterocycles. The summed E-state index contributed by atoms with van der Waals surface area (Å²) in [5.74, 6) is -0.473. The van der Waals surface area contributed by atoms with Crippen LogP contribution in [0.2, 0.25) is 0 Å². The zero-order chi connectivity index (χ0) is 11.1. The molecular formula is C9H14N4O2. The Kier molecular flexibility index (Phi) is 4.33. The second kappa shape index (κ2) is 5.79. The molecule has 0 bridgehead atoms. The number of aliphatic imine (C=N–C) groups is 1. The van der Waals surface area contributed by atoms with E-state index in [4.69, 9.17) is 10.8 Å². The summed E-state index contributed by atoms with van der Waals surface area (Å²) in [6.07, 6.45) is 4.39. The molecule has 0 spiro atoms. The van der Waals surface area contributed by atoms with E-state index in [0.29, 0.717) is 18.8 Å². The number of nitrogens with zero attached hydrogens (tertiary/aromatic N) is 2. The Morgan fingerprint density at radius 2 is 2.40 bits per heavy atom. The number of imidazole rings is 1. The molecule has 1 heterocycles. The van der Waals surface area contributed by atoms with Gasteiger partial charge in [0.05, 0.1) is 18.6 Å². The third-order valence-electron chi connectivity index (χ3n) is 1.85. The van der Waals surface area contributed by atoms with E-state index in [2.05, 4.69) is 15.0 Å². The largest absolute Gasteiger partial charge is 0.481 e. The molecule has 0 saturated carbocycles. The standard InChI is InChI=1S/C9H14N4O2/c10-8(1-2-9(14)15)12-4-3-7-5-11-6-13-7/h5-6H,1-4H2,(H2,10,12)(H,11,13)(H,14,15). The number of rotatable bonds is 6. The molecule has 0 aliphatic carbocycles. The van der Waals surface area contributed by atoms with Crippen molar-refractivity contribution in [2.75, 3.05) is 6.54 Å². The molecule has 0 radical (unpaired) electrons. The van der Waals surface area contributed by atoms with Gasteiger partial charge in [-0.2, -0.15) is 0 Å².